The van der Waals surface area contributed by atoms with E-state index in [1.807, 2.05) is 0 Å². The van der Waals surface area contributed by atoms with Crippen molar-refractivity contribution in [1.29, 1.82) is 0 Å². The molecule has 3 N–H and O–H groups in total. The lowest BCUT2D eigenvalue weighted by molar-refractivity contribution is 0.603. The van der Waals surface area contributed by atoms with Crippen molar-refractivity contribution in [3.63, 3.8) is 0 Å². The zero-order valence-corrected chi connectivity index (χ0v) is 14.3. The number of hydrogen-bond acceptors (Lipinski definition) is 5. The van der Waals surface area contributed by atoms with Crippen LogP contribution in [-0.4, -0.2) is 18.4 Å². The Morgan fingerprint density at radius 3 is 2.75 bits per heavy atom. The van der Waals surface area contributed by atoms with Gasteiger partial charge < -0.3 is 5.73 Å². The van der Waals surface area contributed by atoms with Gasteiger partial charge in [0.05, 0.1) is 4.88 Å². The minimum Gasteiger partial charge on any atom is -0.389 e. The number of rotatable bonds is 4. The second-order valence-electron chi connectivity index (χ2n) is 3.91. The molecule has 2 rings (SSSR count). The van der Waals surface area contributed by atoms with E-state index < -0.39 is 10.0 Å². The molecule has 2 heterocycles. The van der Waals surface area contributed by atoms with Gasteiger partial charge in [0.2, 0.25) is 0 Å². The molecule has 0 atom stereocenters. The predicted octanol–water partition coefficient (Wildman–Crippen LogP) is 2.65. The van der Waals surface area contributed by atoms with Crippen LogP contribution < -0.4 is 10.5 Å². The van der Waals surface area contributed by atoms with E-state index >= 15 is 0 Å². The first-order valence-electron chi connectivity index (χ1n) is 5.34. The number of sulfonamides is 1. The molecule has 0 spiro atoms. The first kappa shape index (κ1) is 15.4. The molecule has 0 aromatic carbocycles. The molecule has 0 fully saturated rings. The number of nitrogens with one attached hydrogen (secondary N) is 1. The Balaban J connectivity index is 2.33. The molecule has 0 aliphatic heterocycles. The van der Waals surface area contributed by atoms with Gasteiger partial charge in [-0.3, -0.25) is 4.72 Å². The lowest BCUT2D eigenvalue weighted by Gasteiger charge is -2.08. The Morgan fingerprint density at radius 2 is 2.20 bits per heavy atom. The maximum Gasteiger partial charge on any atom is 0.272 e. The molecule has 9 heteroatoms. The first-order chi connectivity index (χ1) is 9.29. The molecule has 0 saturated carbocycles. The van der Waals surface area contributed by atoms with E-state index in [9.17, 15) is 8.42 Å². The van der Waals surface area contributed by atoms with Gasteiger partial charge in [0.25, 0.3) is 10.0 Å². The average molecular weight is 392 g/mol. The number of aromatic nitrogens is 1. The molecule has 0 aliphatic rings. The number of pyridine rings is 1. The van der Waals surface area contributed by atoms with E-state index in [4.69, 9.17) is 18.0 Å². The highest BCUT2D eigenvalue weighted by atomic mass is 79.9. The third-order valence-electron chi connectivity index (χ3n) is 2.36. The quantitative estimate of drug-likeness (QED) is 0.782. The minimum absolute atomic E-state index is 0.143. The second kappa shape index (κ2) is 5.76. The third kappa shape index (κ3) is 3.35. The predicted molar refractivity (Wildman–Crippen MR) is 87.7 cm³/mol. The van der Waals surface area contributed by atoms with Gasteiger partial charge >= 0.3 is 0 Å². The van der Waals surface area contributed by atoms with Crippen LogP contribution in [0.4, 0.5) is 5.82 Å². The fourth-order valence-electron chi connectivity index (χ4n) is 1.42. The number of halogens is 1. The maximum absolute atomic E-state index is 12.2. The first-order valence-corrected chi connectivity index (χ1v) is 8.84. The summed E-state index contributed by atoms with van der Waals surface area (Å²) in [6.45, 7) is 1.77. The van der Waals surface area contributed by atoms with Crippen LogP contribution >= 0.6 is 39.5 Å². The van der Waals surface area contributed by atoms with E-state index in [-0.39, 0.29) is 9.20 Å². The zero-order chi connectivity index (χ0) is 14.9. The van der Waals surface area contributed by atoms with Crippen molar-refractivity contribution < 1.29 is 8.42 Å². The summed E-state index contributed by atoms with van der Waals surface area (Å²) in [7, 11) is -3.69. The lowest BCUT2D eigenvalue weighted by atomic mass is 10.3. The molecule has 5 nitrogen and oxygen atoms in total. The highest BCUT2D eigenvalue weighted by molar-refractivity contribution is 9.10. The van der Waals surface area contributed by atoms with Gasteiger partial charge in [-0.1, -0.05) is 12.2 Å². The van der Waals surface area contributed by atoms with Crippen molar-refractivity contribution in [3.8, 4) is 0 Å². The Bertz CT molecular complexity index is 771. The smallest absolute Gasteiger partial charge is 0.272 e. The van der Waals surface area contributed by atoms with E-state index in [2.05, 4.69) is 25.6 Å². The molecular formula is C11H10BrN3O2S3. The number of thiophene rings is 1. The van der Waals surface area contributed by atoms with Gasteiger partial charge in [0.15, 0.2) is 0 Å². The summed E-state index contributed by atoms with van der Waals surface area (Å²) in [6.07, 6.45) is 1.53. The minimum atomic E-state index is -3.69. The number of anilines is 1. The van der Waals surface area contributed by atoms with Crippen LogP contribution in [0.1, 0.15) is 10.4 Å². The van der Waals surface area contributed by atoms with E-state index in [1.165, 1.54) is 12.3 Å². The Hall–Kier alpha value is -1.03. The van der Waals surface area contributed by atoms with E-state index in [1.54, 1.807) is 19.1 Å². The zero-order valence-electron chi connectivity index (χ0n) is 10.3. The molecule has 106 valence electrons. The number of nitrogens with two attached hydrogens (primary N) is 1. The molecule has 0 bridgehead atoms. The SMILES string of the molecule is Cc1cc(Br)cnc1NS(=O)(=O)c1ccc(C(N)=S)s1. The topological polar surface area (TPSA) is 85.1 Å². The number of nitrogens with zero attached hydrogens (tertiary/aromatic N) is 1. The average Bonchev–Trinajstić information content (AvgIpc) is 2.83. The molecule has 0 unspecified atom stereocenters. The van der Waals surface area contributed by atoms with Gasteiger partial charge in [-0.15, -0.1) is 11.3 Å². The fourth-order valence-corrected chi connectivity index (χ4v) is 4.30. The second-order valence-corrected chi connectivity index (χ2v) is 8.26. The molecule has 0 amide bonds. The monoisotopic (exact) mass is 391 g/mol. The van der Waals surface area contributed by atoms with Crippen LogP contribution in [0, 0.1) is 6.92 Å². The van der Waals surface area contributed by atoms with Crippen LogP contribution in [0.25, 0.3) is 0 Å². The molecule has 0 aliphatic carbocycles. The van der Waals surface area contributed by atoms with Crippen LogP contribution in [0.3, 0.4) is 0 Å². The summed E-state index contributed by atoms with van der Waals surface area (Å²) < 4.78 is 27.9. The van der Waals surface area contributed by atoms with Gasteiger partial charge in [0.1, 0.15) is 15.0 Å². The van der Waals surface area contributed by atoms with Gasteiger partial charge in [-0.2, -0.15) is 0 Å². The number of thiocarbonyl (C=S) groups is 1. The lowest BCUT2D eigenvalue weighted by Crippen LogP contribution is -2.13. The van der Waals surface area contributed by atoms with Crippen molar-refractivity contribution in [2.45, 2.75) is 11.1 Å². The van der Waals surface area contributed by atoms with Crippen molar-refractivity contribution in [2.24, 2.45) is 5.73 Å². The van der Waals surface area contributed by atoms with Crippen LogP contribution in [0.2, 0.25) is 0 Å². The van der Waals surface area contributed by atoms with Gasteiger partial charge in [0, 0.05) is 10.7 Å². The van der Waals surface area contributed by atoms with Crippen molar-refractivity contribution in [1.82, 2.24) is 4.98 Å². The fraction of sp³-hybridized carbons (Fsp3) is 0.0909. The van der Waals surface area contributed by atoms with Crippen LogP contribution in [-0.2, 0) is 10.0 Å². The number of hydrogen-bond donors (Lipinski definition) is 2. The molecule has 20 heavy (non-hydrogen) atoms. The van der Waals surface area contributed by atoms with Crippen LogP contribution in [0.15, 0.2) is 33.1 Å². The summed E-state index contributed by atoms with van der Waals surface area (Å²) >= 11 is 9.12. The summed E-state index contributed by atoms with van der Waals surface area (Å²) in [5.41, 5.74) is 6.19. The summed E-state index contributed by atoms with van der Waals surface area (Å²) in [5.74, 6) is 0.290. The molecule has 2 aromatic rings. The Morgan fingerprint density at radius 1 is 1.50 bits per heavy atom. The van der Waals surface area contributed by atoms with E-state index in [0.717, 1.165) is 15.8 Å². The Kier molecular flexibility index (Phi) is 4.43. The molecule has 0 radical (unpaired) electrons. The van der Waals surface area contributed by atoms with Gasteiger partial charge in [-0.05, 0) is 46.6 Å². The summed E-state index contributed by atoms with van der Waals surface area (Å²) in [4.78, 5) is 4.78. The van der Waals surface area contributed by atoms with Gasteiger partial charge in [-0.25, -0.2) is 13.4 Å². The van der Waals surface area contributed by atoms with Crippen molar-refractivity contribution in [3.05, 3.63) is 39.3 Å². The third-order valence-corrected chi connectivity index (χ3v) is 6.10. The molecule has 2 aromatic heterocycles. The normalized spacial score (nSPS) is 11.3. The number of aryl methyl sites for hydroxylation is 1. The highest BCUT2D eigenvalue weighted by Crippen LogP contribution is 2.25. The van der Waals surface area contributed by atoms with E-state index in [0.29, 0.717) is 16.3 Å². The largest absolute Gasteiger partial charge is 0.389 e. The van der Waals surface area contributed by atoms with Crippen molar-refractivity contribution in [2.75, 3.05) is 4.72 Å². The summed E-state index contributed by atoms with van der Waals surface area (Å²) in [5, 5.41) is 0. The standard InChI is InChI=1S/C11H10BrN3O2S3/c1-6-4-7(12)5-14-11(6)15-20(16,17)9-3-2-8(19-9)10(13)18/h2-5H,1H3,(H2,13,18)(H,14,15). The molecular weight excluding hydrogens is 382 g/mol. The maximum atomic E-state index is 12.2. The van der Waals surface area contributed by atoms with Crippen LogP contribution in [0.5, 0.6) is 0 Å². The Labute approximate surface area is 134 Å². The summed E-state index contributed by atoms with van der Waals surface area (Å²) in [6, 6.07) is 4.83. The molecule has 0 saturated heterocycles. The van der Waals surface area contributed by atoms with Crippen molar-refractivity contribution >= 4 is 60.3 Å². The highest BCUT2D eigenvalue weighted by Gasteiger charge is 2.19.